The Morgan fingerprint density at radius 3 is 2.85 bits per heavy atom. The summed E-state index contributed by atoms with van der Waals surface area (Å²) < 4.78 is 11.3. The van der Waals surface area contributed by atoms with E-state index in [0.717, 1.165) is 6.42 Å². The van der Waals surface area contributed by atoms with Crippen molar-refractivity contribution >= 4 is 67.0 Å². The molecule has 1 aromatic rings. The second kappa shape index (κ2) is 6.80. The highest BCUT2D eigenvalue weighted by molar-refractivity contribution is 9.10. The highest BCUT2D eigenvalue weighted by atomic mass is 79.9. The maximum Gasteiger partial charge on any atom is 0.310 e. The molecule has 6 atom stereocenters. The Bertz CT molecular complexity index is 803. The first-order chi connectivity index (χ1) is 12.4. The van der Waals surface area contributed by atoms with Crippen molar-refractivity contribution in [2.75, 3.05) is 11.9 Å². The standard InChI is InChI=1S/C17H14Br2ClNO5/c18-9-2-1-6(3-10(9)20)21-11(22)5-25-16(23)12-7-4-8-13(12)17(24)26-15(8)14(7)19/h1-3,7-8,12-15H,4-5H2,(H,21,22)/t7-,8-,12-,13-,14+,15+/m1/s1. The zero-order valence-electron chi connectivity index (χ0n) is 13.3. The first-order valence-corrected chi connectivity index (χ1v) is 10.2. The quantitative estimate of drug-likeness (QED) is 0.500. The summed E-state index contributed by atoms with van der Waals surface area (Å²) in [6.45, 7) is -0.418. The van der Waals surface area contributed by atoms with E-state index >= 15 is 0 Å². The molecule has 2 aliphatic carbocycles. The van der Waals surface area contributed by atoms with Crippen molar-refractivity contribution in [3.05, 3.63) is 27.7 Å². The van der Waals surface area contributed by atoms with Crippen LogP contribution in [0.1, 0.15) is 6.42 Å². The van der Waals surface area contributed by atoms with Crippen LogP contribution >= 0.6 is 43.5 Å². The first-order valence-electron chi connectivity index (χ1n) is 8.13. The van der Waals surface area contributed by atoms with Crippen molar-refractivity contribution in [2.45, 2.75) is 17.4 Å². The van der Waals surface area contributed by atoms with Crippen molar-refractivity contribution in [3.8, 4) is 0 Å². The molecule has 1 saturated heterocycles. The van der Waals surface area contributed by atoms with E-state index in [1.54, 1.807) is 18.2 Å². The van der Waals surface area contributed by atoms with Gasteiger partial charge in [0.1, 0.15) is 6.10 Å². The molecule has 6 nitrogen and oxygen atoms in total. The Kier molecular flexibility index (Phi) is 4.77. The third kappa shape index (κ3) is 2.96. The SMILES string of the molecule is O=C(COC(=O)[C@@H]1[C@H]2C[C@H]3[C@H](OC(=O)[C@H]31)[C@H]2Br)Nc1ccc(Br)c(Cl)c1. The number of ether oxygens (including phenoxy) is 2. The molecule has 0 radical (unpaired) electrons. The zero-order valence-corrected chi connectivity index (χ0v) is 17.2. The molecule has 26 heavy (non-hydrogen) atoms. The molecule has 1 heterocycles. The predicted molar refractivity (Wildman–Crippen MR) is 99.9 cm³/mol. The van der Waals surface area contributed by atoms with Crippen molar-refractivity contribution in [1.29, 1.82) is 0 Å². The van der Waals surface area contributed by atoms with Gasteiger partial charge in [-0.15, -0.1) is 0 Å². The van der Waals surface area contributed by atoms with Crippen LogP contribution in [0.25, 0.3) is 0 Å². The van der Waals surface area contributed by atoms with Crippen LogP contribution < -0.4 is 5.32 Å². The minimum atomic E-state index is -0.550. The van der Waals surface area contributed by atoms with Gasteiger partial charge in [-0.25, -0.2) is 0 Å². The highest BCUT2D eigenvalue weighted by Crippen LogP contribution is 2.60. The van der Waals surface area contributed by atoms with E-state index in [-0.39, 0.29) is 28.7 Å². The Morgan fingerprint density at radius 2 is 2.12 bits per heavy atom. The number of amides is 1. The fourth-order valence-corrected chi connectivity index (χ4v) is 5.77. The third-order valence-electron chi connectivity index (χ3n) is 5.34. The minimum Gasteiger partial charge on any atom is -0.461 e. The average Bonchev–Trinajstić information content (AvgIpc) is 3.20. The van der Waals surface area contributed by atoms with E-state index in [4.69, 9.17) is 21.1 Å². The summed E-state index contributed by atoms with van der Waals surface area (Å²) in [5.74, 6) is -2.25. The van der Waals surface area contributed by atoms with Gasteiger partial charge in [0.2, 0.25) is 0 Å². The molecule has 1 N–H and O–H groups in total. The number of hydrogen-bond donors (Lipinski definition) is 1. The average molecular weight is 508 g/mol. The largest absolute Gasteiger partial charge is 0.461 e. The number of carbonyl (C=O) groups excluding carboxylic acids is 3. The molecule has 1 aromatic carbocycles. The zero-order chi connectivity index (χ0) is 18.6. The van der Waals surface area contributed by atoms with Gasteiger partial charge in [-0.1, -0.05) is 27.5 Å². The smallest absolute Gasteiger partial charge is 0.310 e. The van der Waals surface area contributed by atoms with Gasteiger partial charge in [-0.05, 0) is 46.5 Å². The van der Waals surface area contributed by atoms with Gasteiger partial charge in [0, 0.05) is 16.1 Å². The molecular formula is C17H14Br2ClNO5. The molecule has 138 valence electrons. The number of carbonyl (C=O) groups is 3. The fraction of sp³-hybridized carbons (Fsp3) is 0.471. The fourth-order valence-electron chi connectivity index (χ4n) is 4.30. The summed E-state index contributed by atoms with van der Waals surface area (Å²) >= 11 is 12.8. The summed E-state index contributed by atoms with van der Waals surface area (Å²) in [5.41, 5.74) is 0.502. The van der Waals surface area contributed by atoms with E-state index in [0.29, 0.717) is 15.2 Å². The monoisotopic (exact) mass is 505 g/mol. The third-order valence-corrected chi connectivity index (χ3v) is 7.78. The van der Waals surface area contributed by atoms with E-state index < -0.39 is 30.3 Å². The number of nitrogens with one attached hydrogen (secondary N) is 1. The molecule has 2 bridgehead atoms. The molecule has 9 heteroatoms. The predicted octanol–water partition coefficient (Wildman–Crippen LogP) is 3.16. The first kappa shape index (κ1) is 18.3. The summed E-state index contributed by atoms with van der Waals surface area (Å²) in [4.78, 5) is 36.6. The summed E-state index contributed by atoms with van der Waals surface area (Å²) in [6.07, 6.45) is 0.618. The molecule has 3 fully saturated rings. The normalized spacial score (nSPS) is 33.9. The Balaban J connectivity index is 1.36. The maximum atomic E-state index is 12.5. The van der Waals surface area contributed by atoms with Crippen LogP contribution in [-0.4, -0.2) is 35.4 Å². The van der Waals surface area contributed by atoms with Gasteiger partial charge >= 0.3 is 11.9 Å². The lowest BCUT2D eigenvalue weighted by Crippen LogP contribution is -2.39. The molecule has 4 rings (SSSR count). The number of esters is 2. The number of hydrogen-bond acceptors (Lipinski definition) is 5. The van der Waals surface area contributed by atoms with E-state index in [1.807, 2.05) is 0 Å². The van der Waals surface area contributed by atoms with Crippen LogP contribution in [0.3, 0.4) is 0 Å². The van der Waals surface area contributed by atoms with E-state index in [9.17, 15) is 14.4 Å². The number of rotatable bonds is 4. The molecule has 0 unspecified atom stereocenters. The maximum absolute atomic E-state index is 12.5. The van der Waals surface area contributed by atoms with E-state index in [1.165, 1.54) is 0 Å². The van der Waals surface area contributed by atoms with E-state index in [2.05, 4.69) is 37.2 Å². The van der Waals surface area contributed by atoms with Crippen LogP contribution in [0.2, 0.25) is 5.02 Å². The molecule has 0 spiro atoms. The molecule has 1 amide bonds. The number of halogens is 3. The Hall–Kier alpha value is -1.12. The van der Waals surface area contributed by atoms with Crippen molar-refractivity contribution in [1.82, 2.24) is 0 Å². The van der Waals surface area contributed by atoms with Gasteiger partial charge < -0.3 is 14.8 Å². The minimum absolute atomic E-state index is 0.00212. The number of fused-ring (bicyclic) bond motifs is 1. The van der Waals surface area contributed by atoms with Crippen LogP contribution in [0.15, 0.2) is 22.7 Å². The topological polar surface area (TPSA) is 81.7 Å². The van der Waals surface area contributed by atoms with Crippen LogP contribution in [0.5, 0.6) is 0 Å². The Morgan fingerprint density at radius 1 is 1.35 bits per heavy atom. The second-order valence-electron chi connectivity index (χ2n) is 6.75. The molecule has 2 saturated carbocycles. The highest BCUT2D eigenvalue weighted by Gasteiger charge is 2.68. The summed E-state index contributed by atoms with van der Waals surface area (Å²) in [7, 11) is 0. The molecular weight excluding hydrogens is 493 g/mol. The lowest BCUT2D eigenvalue weighted by Gasteiger charge is -2.26. The van der Waals surface area contributed by atoms with Crippen LogP contribution in [0.4, 0.5) is 5.69 Å². The Labute approximate surface area is 171 Å². The lowest BCUT2D eigenvalue weighted by molar-refractivity contribution is -0.157. The molecule has 1 aliphatic heterocycles. The van der Waals surface area contributed by atoms with Crippen LogP contribution in [0, 0.1) is 23.7 Å². The van der Waals surface area contributed by atoms with Gasteiger partial charge in [0.15, 0.2) is 6.61 Å². The van der Waals surface area contributed by atoms with Gasteiger partial charge in [0.05, 0.1) is 21.7 Å². The number of benzene rings is 1. The number of alkyl halides is 1. The van der Waals surface area contributed by atoms with Crippen molar-refractivity contribution < 1.29 is 23.9 Å². The van der Waals surface area contributed by atoms with Crippen molar-refractivity contribution in [2.24, 2.45) is 23.7 Å². The lowest BCUT2D eigenvalue weighted by atomic mass is 9.80. The number of anilines is 1. The van der Waals surface area contributed by atoms with Crippen LogP contribution in [-0.2, 0) is 23.9 Å². The summed E-state index contributed by atoms with van der Waals surface area (Å²) in [6, 6.07) is 4.97. The van der Waals surface area contributed by atoms with Gasteiger partial charge in [-0.2, -0.15) is 0 Å². The van der Waals surface area contributed by atoms with Gasteiger partial charge in [0.25, 0.3) is 5.91 Å². The summed E-state index contributed by atoms with van der Waals surface area (Å²) in [5, 5.41) is 3.08. The van der Waals surface area contributed by atoms with Gasteiger partial charge in [-0.3, -0.25) is 14.4 Å². The molecule has 0 aromatic heterocycles. The van der Waals surface area contributed by atoms with Crippen molar-refractivity contribution in [3.63, 3.8) is 0 Å². The molecule has 3 aliphatic rings. The second-order valence-corrected chi connectivity index (χ2v) is 9.06.